The molecule has 0 saturated heterocycles. The van der Waals surface area contributed by atoms with Gasteiger partial charge in [0.1, 0.15) is 0 Å². The molecule has 2 nitrogen and oxygen atoms in total. The Bertz CT molecular complexity index is 330. The molecule has 1 aromatic heterocycles. The zero-order chi connectivity index (χ0) is 10.8. The fourth-order valence-corrected chi connectivity index (χ4v) is 7.64. The SMILES string of the molecule is CC(=O)SCc1n[c]([Sn]([CH3])([CH3])[CH3])cs1. The van der Waals surface area contributed by atoms with E-state index in [0.717, 1.165) is 10.8 Å². The summed E-state index contributed by atoms with van der Waals surface area (Å²) in [5.74, 6) is 0.738. The average Bonchev–Trinajstić information content (AvgIpc) is 2.47. The third kappa shape index (κ3) is 3.90. The molecule has 1 aromatic rings. The third-order valence-corrected chi connectivity index (χ3v) is 9.29. The Hall–Kier alpha value is 0.449. The summed E-state index contributed by atoms with van der Waals surface area (Å²) in [6.45, 7) is 1.60. The van der Waals surface area contributed by atoms with Crippen molar-refractivity contribution in [1.29, 1.82) is 0 Å². The standard InChI is InChI=1S/C6H6NOS2.3CH3.Sn/c1-5(8)10-4-6-7-2-3-9-6;;;;/h3H,4H2,1H3;3*1H3;. The van der Waals surface area contributed by atoms with Gasteiger partial charge in [-0.2, -0.15) is 0 Å². The number of nitrogens with zero attached hydrogens (tertiary/aromatic N) is 1. The Balaban J connectivity index is 2.64. The summed E-state index contributed by atoms with van der Waals surface area (Å²) in [6.07, 6.45) is 0. The van der Waals surface area contributed by atoms with Gasteiger partial charge in [0.25, 0.3) is 0 Å². The zero-order valence-electron chi connectivity index (χ0n) is 8.96. The topological polar surface area (TPSA) is 30.0 Å². The molecule has 0 aliphatic carbocycles. The molecule has 0 aromatic carbocycles. The third-order valence-electron chi connectivity index (χ3n) is 1.72. The van der Waals surface area contributed by atoms with Crippen LogP contribution in [0.5, 0.6) is 0 Å². The van der Waals surface area contributed by atoms with Crippen LogP contribution < -0.4 is 3.71 Å². The van der Waals surface area contributed by atoms with Crippen LogP contribution in [0.1, 0.15) is 11.9 Å². The summed E-state index contributed by atoms with van der Waals surface area (Å²) < 4.78 is 1.32. The van der Waals surface area contributed by atoms with E-state index < -0.39 is 18.4 Å². The molecule has 0 saturated carbocycles. The van der Waals surface area contributed by atoms with E-state index in [9.17, 15) is 4.79 Å². The first-order valence-electron chi connectivity index (χ1n) is 4.48. The molecule has 0 unspecified atom stereocenters. The van der Waals surface area contributed by atoms with Crippen LogP contribution in [-0.2, 0) is 10.5 Å². The molecule has 14 heavy (non-hydrogen) atoms. The van der Waals surface area contributed by atoms with Gasteiger partial charge in [-0.3, -0.25) is 0 Å². The van der Waals surface area contributed by atoms with Crippen LogP contribution in [0.2, 0.25) is 14.8 Å². The van der Waals surface area contributed by atoms with Crippen LogP contribution in [-0.4, -0.2) is 28.5 Å². The Morgan fingerprint density at radius 1 is 1.57 bits per heavy atom. The Morgan fingerprint density at radius 3 is 2.64 bits per heavy atom. The Labute approximate surface area is 97.4 Å². The summed E-state index contributed by atoms with van der Waals surface area (Å²) in [6, 6.07) is 0. The van der Waals surface area contributed by atoms with E-state index in [1.165, 1.54) is 15.5 Å². The second-order valence-electron chi connectivity index (χ2n) is 4.16. The molecule has 78 valence electrons. The Kier molecular flexibility index (Phi) is 4.46. The van der Waals surface area contributed by atoms with Gasteiger partial charge in [0.2, 0.25) is 0 Å². The molecule has 1 heterocycles. The van der Waals surface area contributed by atoms with Crippen molar-refractivity contribution in [2.45, 2.75) is 27.5 Å². The number of thioether (sulfide) groups is 1. The average molecular weight is 336 g/mol. The predicted octanol–water partition coefficient (Wildman–Crippen LogP) is 2.47. The van der Waals surface area contributed by atoms with Crippen molar-refractivity contribution in [3.63, 3.8) is 0 Å². The summed E-state index contributed by atoms with van der Waals surface area (Å²) in [4.78, 5) is 22.4. The van der Waals surface area contributed by atoms with E-state index in [0.29, 0.717) is 0 Å². The van der Waals surface area contributed by atoms with E-state index in [1.807, 2.05) is 0 Å². The van der Waals surface area contributed by atoms with Gasteiger partial charge < -0.3 is 0 Å². The molecule has 0 amide bonds. The van der Waals surface area contributed by atoms with Crippen molar-refractivity contribution in [1.82, 2.24) is 4.98 Å². The molecule has 5 heteroatoms. The van der Waals surface area contributed by atoms with Crippen molar-refractivity contribution in [3.05, 3.63) is 10.4 Å². The minimum absolute atomic E-state index is 0.168. The first-order valence-corrected chi connectivity index (χ1v) is 16.3. The molecule has 0 aliphatic rings. The van der Waals surface area contributed by atoms with Gasteiger partial charge in [-0.25, -0.2) is 0 Å². The van der Waals surface area contributed by atoms with Crippen molar-refractivity contribution >= 4 is 50.3 Å². The number of rotatable bonds is 3. The second kappa shape index (κ2) is 4.98. The molecule has 0 bridgehead atoms. The van der Waals surface area contributed by atoms with Gasteiger partial charge in [0, 0.05) is 0 Å². The van der Waals surface area contributed by atoms with Gasteiger partial charge in [-0.1, -0.05) is 0 Å². The molecule has 0 N–H and O–H groups in total. The number of hydrogen-bond donors (Lipinski definition) is 0. The van der Waals surface area contributed by atoms with Crippen molar-refractivity contribution in [2.75, 3.05) is 0 Å². The van der Waals surface area contributed by atoms with Gasteiger partial charge in [-0.05, 0) is 0 Å². The van der Waals surface area contributed by atoms with Crippen LogP contribution in [0.15, 0.2) is 5.38 Å². The minimum atomic E-state index is -1.97. The normalized spacial score (nSPS) is 11.7. The van der Waals surface area contributed by atoms with Gasteiger partial charge in [-0.15, -0.1) is 0 Å². The number of carbonyl (C=O) groups is 1. The number of aromatic nitrogens is 1. The number of carbonyl (C=O) groups excluding carboxylic acids is 1. The van der Waals surface area contributed by atoms with Crippen LogP contribution in [0.3, 0.4) is 0 Å². The Morgan fingerprint density at radius 2 is 2.21 bits per heavy atom. The maximum atomic E-state index is 10.8. The van der Waals surface area contributed by atoms with Gasteiger partial charge in [0.05, 0.1) is 0 Å². The zero-order valence-corrected chi connectivity index (χ0v) is 13.4. The molecule has 0 radical (unpaired) electrons. The van der Waals surface area contributed by atoms with Crippen LogP contribution in [0, 0.1) is 0 Å². The van der Waals surface area contributed by atoms with E-state index >= 15 is 0 Å². The number of thiazole rings is 1. The first kappa shape index (κ1) is 12.5. The quantitative estimate of drug-likeness (QED) is 0.795. The van der Waals surface area contributed by atoms with E-state index in [2.05, 4.69) is 25.2 Å². The van der Waals surface area contributed by atoms with Crippen molar-refractivity contribution in [2.24, 2.45) is 0 Å². The number of hydrogen-bond acceptors (Lipinski definition) is 4. The fourth-order valence-electron chi connectivity index (χ4n) is 0.885. The fraction of sp³-hybridized carbons (Fsp3) is 0.556. The summed E-state index contributed by atoms with van der Waals surface area (Å²) in [7, 11) is 0. The van der Waals surface area contributed by atoms with Crippen LogP contribution in [0.25, 0.3) is 0 Å². The molecular formula is C9H15NOS2Sn. The molecule has 0 aliphatic heterocycles. The molecular weight excluding hydrogens is 321 g/mol. The molecule has 0 spiro atoms. The van der Waals surface area contributed by atoms with Crippen molar-refractivity contribution in [3.8, 4) is 0 Å². The first-order chi connectivity index (χ1) is 6.39. The van der Waals surface area contributed by atoms with Gasteiger partial charge in [0.15, 0.2) is 0 Å². The monoisotopic (exact) mass is 337 g/mol. The van der Waals surface area contributed by atoms with E-state index in [1.54, 1.807) is 18.3 Å². The van der Waals surface area contributed by atoms with Crippen LogP contribution in [0.4, 0.5) is 0 Å². The van der Waals surface area contributed by atoms with Crippen molar-refractivity contribution < 1.29 is 4.79 Å². The van der Waals surface area contributed by atoms with E-state index in [-0.39, 0.29) is 5.12 Å². The maximum absolute atomic E-state index is 10.8. The molecule has 0 fully saturated rings. The van der Waals surface area contributed by atoms with Gasteiger partial charge >= 0.3 is 98.0 Å². The second-order valence-corrected chi connectivity index (χ2v) is 20.6. The van der Waals surface area contributed by atoms with Crippen LogP contribution >= 0.6 is 23.1 Å². The molecule has 1 rings (SSSR count). The summed E-state index contributed by atoms with van der Waals surface area (Å²) in [5, 5.41) is 3.43. The summed E-state index contributed by atoms with van der Waals surface area (Å²) >= 11 is 1.06. The summed E-state index contributed by atoms with van der Waals surface area (Å²) in [5.41, 5.74) is 0. The van der Waals surface area contributed by atoms with E-state index in [4.69, 9.17) is 0 Å². The predicted molar refractivity (Wildman–Crippen MR) is 67.1 cm³/mol. The molecule has 0 atom stereocenters.